The number of hydrogen-bond acceptors (Lipinski definition) is 5. The van der Waals surface area contributed by atoms with Crippen LogP contribution >= 0.6 is 0 Å². The molecule has 6 heteroatoms. The number of aromatic nitrogens is 2. The monoisotopic (exact) mass is 253 g/mol. The van der Waals surface area contributed by atoms with E-state index in [0.717, 1.165) is 25.8 Å². The molecule has 1 aliphatic heterocycles. The van der Waals surface area contributed by atoms with Crippen LogP contribution in [0.1, 0.15) is 50.4 Å². The van der Waals surface area contributed by atoms with Crippen molar-refractivity contribution in [3.05, 3.63) is 11.8 Å². The Hall–Kier alpha value is -1.43. The van der Waals surface area contributed by atoms with E-state index in [1.165, 1.54) is 0 Å². The minimum atomic E-state index is -0.749. The zero-order chi connectivity index (χ0) is 13.1. The Kier molecular flexibility index (Phi) is 3.96. The Labute approximate surface area is 106 Å². The molecule has 0 radical (unpaired) electrons. The Bertz CT molecular complexity index is 418. The number of carboxylic acid groups (broad SMARTS) is 1. The highest BCUT2D eigenvalue weighted by Gasteiger charge is 2.31. The average Bonchev–Trinajstić information content (AvgIpc) is 2.75. The van der Waals surface area contributed by atoms with Crippen LogP contribution < -0.4 is 0 Å². The van der Waals surface area contributed by atoms with Gasteiger partial charge in [0.25, 0.3) is 0 Å². The number of rotatable bonds is 4. The summed E-state index contributed by atoms with van der Waals surface area (Å²) in [6.45, 7) is 4.64. The third kappa shape index (κ3) is 2.87. The van der Waals surface area contributed by atoms with Crippen LogP contribution in [0.3, 0.4) is 0 Å². The van der Waals surface area contributed by atoms with E-state index in [9.17, 15) is 4.79 Å². The van der Waals surface area contributed by atoms with Gasteiger partial charge in [-0.25, -0.2) is 0 Å². The zero-order valence-electron chi connectivity index (χ0n) is 10.8. The van der Waals surface area contributed by atoms with Gasteiger partial charge < -0.3 is 9.52 Å². The predicted molar refractivity (Wildman–Crippen MR) is 64.0 cm³/mol. The van der Waals surface area contributed by atoms with Gasteiger partial charge in [0.15, 0.2) is 0 Å². The first kappa shape index (κ1) is 13.0. The largest absolute Gasteiger partial charge is 0.481 e. The summed E-state index contributed by atoms with van der Waals surface area (Å²) >= 11 is 0. The minimum absolute atomic E-state index is 0.0177. The second-order valence-corrected chi connectivity index (χ2v) is 4.82. The Balaban J connectivity index is 2.10. The van der Waals surface area contributed by atoms with Crippen LogP contribution in [0, 0.1) is 6.92 Å². The lowest BCUT2D eigenvalue weighted by atomic mass is 9.97. The number of carboxylic acids is 1. The molecule has 0 aromatic carbocycles. The summed E-state index contributed by atoms with van der Waals surface area (Å²) in [5.74, 6) is 0.370. The summed E-state index contributed by atoms with van der Waals surface area (Å²) in [6, 6.07) is 0.0503. The maximum absolute atomic E-state index is 10.9. The number of carbonyl (C=O) groups is 1. The molecule has 0 saturated carbocycles. The average molecular weight is 253 g/mol. The molecule has 0 spiro atoms. The summed E-state index contributed by atoms with van der Waals surface area (Å²) in [5, 5.41) is 16.8. The lowest BCUT2D eigenvalue weighted by Gasteiger charge is -2.37. The topological polar surface area (TPSA) is 79.5 Å². The fraction of sp³-hybridized carbons (Fsp3) is 0.750. The first-order valence-electron chi connectivity index (χ1n) is 6.35. The van der Waals surface area contributed by atoms with Gasteiger partial charge in [-0.1, -0.05) is 6.42 Å². The van der Waals surface area contributed by atoms with Crippen LogP contribution in [-0.4, -0.2) is 38.8 Å². The molecule has 2 heterocycles. The first-order chi connectivity index (χ1) is 8.58. The van der Waals surface area contributed by atoms with Crippen LogP contribution in [-0.2, 0) is 4.79 Å². The van der Waals surface area contributed by atoms with E-state index in [2.05, 4.69) is 15.1 Å². The zero-order valence-corrected chi connectivity index (χ0v) is 10.8. The van der Waals surface area contributed by atoms with Crippen molar-refractivity contribution in [2.45, 2.75) is 51.6 Å². The molecule has 100 valence electrons. The normalized spacial score (nSPS) is 22.9. The molecule has 1 aliphatic rings. The summed E-state index contributed by atoms with van der Waals surface area (Å²) in [7, 11) is 0. The molecule has 1 fully saturated rings. The van der Waals surface area contributed by atoms with Crippen molar-refractivity contribution in [3.8, 4) is 0 Å². The summed E-state index contributed by atoms with van der Waals surface area (Å²) in [4.78, 5) is 13.1. The molecule has 1 saturated heterocycles. The van der Waals surface area contributed by atoms with Gasteiger partial charge >= 0.3 is 5.97 Å². The Morgan fingerprint density at radius 2 is 2.33 bits per heavy atom. The lowest BCUT2D eigenvalue weighted by molar-refractivity contribution is -0.139. The SMILES string of the molecule is Cc1nnc([C@H](C)N2CCCC[C@H]2CC(=O)O)o1. The molecule has 1 N–H and O–H groups in total. The number of likely N-dealkylation sites (tertiary alicyclic amines) is 1. The van der Waals surface area contributed by atoms with E-state index in [4.69, 9.17) is 9.52 Å². The van der Waals surface area contributed by atoms with Gasteiger partial charge in [-0.05, 0) is 26.3 Å². The van der Waals surface area contributed by atoms with E-state index in [1.807, 2.05) is 6.92 Å². The molecular weight excluding hydrogens is 234 g/mol. The highest BCUT2D eigenvalue weighted by molar-refractivity contribution is 5.67. The molecule has 0 amide bonds. The number of hydrogen-bond donors (Lipinski definition) is 1. The second-order valence-electron chi connectivity index (χ2n) is 4.82. The second kappa shape index (κ2) is 5.48. The summed E-state index contributed by atoms with van der Waals surface area (Å²) < 4.78 is 5.44. The fourth-order valence-corrected chi connectivity index (χ4v) is 2.58. The van der Waals surface area contributed by atoms with Crippen LogP contribution in [0.15, 0.2) is 4.42 Å². The number of aliphatic carboxylic acids is 1. The third-order valence-corrected chi connectivity index (χ3v) is 3.48. The maximum Gasteiger partial charge on any atom is 0.304 e. The van der Waals surface area contributed by atoms with Gasteiger partial charge in [0, 0.05) is 13.0 Å². The minimum Gasteiger partial charge on any atom is -0.481 e. The standard InChI is InChI=1S/C12H19N3O3/c1-8(12-14-13-9(2)18-12)15-6-4-3-5-10(15)7-11(16)17/h8,10H,3-7H2,1-2H3,(H,16,17)/t8-,10-/m0/s1. The molecule has 0 unspecified atom stereocenters. The lowest BCUT2D eigenvalue weighted by Crippen LogP contribution is -2.42. The van der Waals surface area contributed by atoms with Gasteiger partial charge in [0.05, 0.1) is 12.5 Å². The van der Waals surface area contributed by atoms with Crippen molar-refractivity contribution in [3.63, 3.8) is 0 Å². The van der Waals surface area contributed by atoms with Gasteiger partial charge in [0.1, 0.15) is 0 Å². The number of aryl methyl sites for hydroxylation is 1. The van der Waals surface area contributed by atoms with E-state index >= 15 is 0 Å². The van der Waals surface area contributed by atoms with Crippen LogP contribution in [0.25, 0.3) is 0 Å². The third-order valence-electron chi connectivity index (χ3n) is 3.48. The molecule has 0 bridgehead atoms. The molecular formula is C12H19N3O3. The Morgan fingerprint density at radius 1 is 1.56 bits per heavy atom. The first-order valence-corrected chi connectivity index (χ1v) is 6.35. The van der Waals surface area contributed by atoms with Crippen molar-refractivity contribution >= 4 is 5.97 Å². The molecule has 2 rings (SSSR count). The van der Waals surface area contributed by atoms with Crippen molar-refractivity contribution < 1.29 is 14.3 Å². The van der Waals surface area contributed by atoms with Gasteiger partial charge in [0.2, 0.25) is 11.8 Å². The predicted octanol–water partition coefficient (Wildman–Crippen LogP) is 1.77. The molecule has 18 heavy (non-hydrogen) atoms. The molecule has 1 aromatic heterocycles. The number of nitrogens with zero attached hydrogens (tertiary/aromatic N) is 3. The van der Waals surface area contributed by atoms with Crippen molar-refractivity contribution in [1.29, 1.82) is 0 Å². The Morgan fingerprint density at radius 3 is 2.94 bits per heavy atom. The maximum atomic E-state index is 10.9. The quantitative estimate of drug-likeness (QED) is 0.880. The van der Waals surface area contributed by atoms with E-state index in [1.54, 1.807) is 6.92 Å². The number of piperidine rings is 1. The van der Waals surface area contributed by atoms with Crippen LogP contribution in [0.5, 0.6) is 0 Å². The molecule has 2 atom stereocenters. The van der Waals surface area contributed by atoms with Crippen LogP contribution in [0.2, 0.25) is 0 Å². The summed E-state index contributed by atoms with van der Waals surface area (Å²) in [5.41, 5.74) is 0. The highest BCUT2D eigenvalue weighted by Crippen LogP contribution is 2.29. The highest BCUT2D eigenvalue weighted by atomic mass is 16.4. The van der Waals surface area contributed by atoms with Gasteiger partial charge in [-0.3, -0.25) is 9.69 Å². The molecule has 1 aromatic rings. The molecule has 6 nitrogen and oxygen atoms in total. The van der Waals surface area contributed by atoms with Gasteiger partial charge in [-0.15, -0.1) is 10.2 Å². The van der Waals surface area contributed by atoms with E-state index in [0.29, 0.717) is 11.8 Å². The van der Waals surface area contributed by atoms with E-state index < -0.39 is 5.97 Å². The fourth-order valence-electron chi connectivity index (χ4n) is 2.58. The van der Waals surface area contributed by atoms with Crippen LogP contribution in [0.4, 0.5) is 0 Å². The summed E-state index contributed by atoms with van der Waals surface area (Å²) in [6.07, 6.45) is 3.28. The van der Waals surface area contributed by atoms with Crippen molar-refractivity contribution in [2.24, 2.45) is 0 Å². The van der Waals surface area contributed by atoms with Crippen molar-refractivity contribution in [2.75, 3.05) is 6.54 Å². The van der Waals surface area contributed by atoms with Gasteiger partial charge in [-0.2, -0.15) is 0 Å². The molecule has 0 aliphatic carbocycles. The smallest absolute Gasteiger partial charge is 0.304 e. The van der Waals surface area contributed by atoms with Crippen molar-refractivity contribution in [1.82, 2.24) is 15.1 Å². The van der Waals surface area contributed by atoms with E-state index in [-0.39, 0.29) is 18.5 Å².